The number of hydrogen-bond donors (Lipinski definition) is 0. The summed E-state index contributed by atoms with van der Waals surface area (Å²) in [4.78, 5) is 11.0. The van der Waals surface area contributed by atoms with Crippen molar-refractivity contribution in [2.45, 2.75) is 0 Å². The van der Waals surface area contributed by atoms with Gasteiger partial charge in [0.15, 0.2) is 5.82 Å². The first kappa shape index (κ1) is 30.4. The molecule has 0 N–H and O–H groups in total. The van der Waals surface area contributed by atoms with Crippen LogP contribution in [0.4, 0.5) is 0 Å². The van der Waals surface area contributed by atoms with E-state index in [9.17, 15) is 0 Å². The van der Waals surface area contributed by atoms with E-state index in [1.54, 1.807) is 11.3 Å². The van der Waals surface area contributed by atoms with Gasteiger partial charge in [0.25, 0.3) is 0 Å². The lowest BCUT2D eigenvalue weighted by molar-refractivity contribution is 0.669. The Morgan fingerprint density at radius 3 is 2.13 bits per heavy atom. The summed E-state index contributed by atoms with van der Waals surface area (Å²) >= 11 is 1.76. The molecule has 0 saturated carbocycles. The van der Waals surface area contributed by atoms with Crippen molar-refractivity contribution in [2.75, 3.05) is 0 Å². The van der Waals surface area contributed by atoms with Crippen LogP contribution in [0.2, 0.25) is 0 Å². The Morgan fingerprint density at radius 2 is 1.22 bits per heavy atom. The number of aromatic nitrogens is 3. The van der Waals surface area contributed by atoms with Crippen molar-refractivity contribution in [3.8, 4) is 39.5 Å². The molecule has 12 rings (SSSR count). The SMILES string of the molecule is c1ccc(-c2cc(-c3nc(-c4ccc5c(c4)c4ccccc4n5-c4ccc5ccccc5c4)c4sc5ccccc5c4n3)c3c(c2)oc2ccccc23)cc1. The van der Waals surface area contributed by atoms with Crippen molar-refractivity contribution in [3.05, 3.63) is 176 Å². The van der Waals surface area contributed by atoms with Crippen LogP contribution in [-0.4, -0.2) is 14.5 Å². The number of thiophene rings is 1. The maximum absolute atomic E-state index is 6.53. The molecule has 0 bridgehead atoms. The standard InChI is InChI=1S/C50H29N3OS/c1-2-12-30(13-3-1)34-28-40(46-37-17-7-10-20-43(37)54-44(46)29-34)50-51-47(49-48(52-50)38-18-8-11-21-45(38)55-49)33-23-25-42-39(27-33)36-16-6-9-19-41(36)53(42)35-24-22-31-14-4-5-15-32(31)26-35/h1-29H. The van der Waals surface area contributed by atoms with E-state index in [1.807, 2.05) is 18.2 Å². The fourth-order valence-corrected chi connectivity index (χ4v) is 9.60. The van der Waals surface area contributed by atoms with Gasteiger partial charge in [-0.1, -0.05) is 121 Å². The first-order chi connectivity index (χ1) is 27.2. The molecule has 0 amide bonds. The molecule has 55 heavy (non-hydrogen) atoms. The van der Waals surface area contributed by atoms with Crippen LogP contribution in [0.15, 0.2) is 180 Å². The number of para-hydroxylation sites is 2. The highest BCUT2D eigenvalue weighted by molar-refractivity contribution is 7.26. The number of rotatable bonds is 4. The number of furan rings is 1. The second-order valence-electron chi connectivity index (χ2n) is 14.1. The Bertz CT molecular complexity index is 3500. The normalized spacial score (nSPS) is 12.0. The van der Waals surface area contributed by atoms with Gasteiger partial charge in [-0.25, -0.2) is 9.97 Å². The van der Waals surface area contributed by atoms with Crippen LogP contribution in [-0.2, 0) is 0 Å². The van der Waals surface area contributed by atoms with E-state index in [4.69, 9.17) is 14.4 Å². The lowest BCUT2D eigenvalue weighted by atomic mass is 9.98. The number of nitrogens with zero attached hydrogens (tertiary/aromatic N) is 3. The molecule has 5 heteroatoms. The monoisotopic (exact) mass is 719 g/mol. The topological polar surface area (TPSA) is 43.9 Å². The average molecular weight is 720 g/mol. The highest BCUT2D eigenvalue weighted by Crippen LogP contribution is 2.44. The van der Waals surface area contributed by atoms with Gasteiger partial charge in [0.2, 0.25) is 0 Å². The molecule has 0 atom stereocenters. The predicted octanol–water partition coefficient (Wildman–Crippen LogP) is 14.0. The van der Waals surface area contributed by atoms with Crippen molar-refractivity contribution in [2.24, 2.45) is 0 Å². The summed E-state index contributed by atoms with van der Waals surface area (Å²) in [6.07, 6.45) is 0. The zero-order valence-corrected chi connectivity index (χ0v) is 30.2. The van der Waals surface area contributed by atoms with E-state index in [2.05, 4.69) is 162 Å². The molecular formula is C50H29N3OS. The quantitative estimate of drug-likeness (QED) is 0.182. The largest absolute Gasteiger partial charge is 0.456 e. The number of fused-ring (bicyclic) bond motifs is 10. The Balaban J connectivity index is 1.14. The molecule has 0 unspecified atom stereocenters. The molecule has 0 radical (unpaired) electrons. The van der Waals surface area contributed by atoms with Crippen LogP contribution in [0, 0.1) is 0 Å². The molecule has 0 saturated heterocycles. The smallest absolute Gasteiger partial charge is 0.161 e. The molecule has 256 valence electrons. The summed E-state index contributed by atoms with van der Waals surface area (Å²) < 4.78 is 11.2. The second-order valence-corrected chi connectivity index (χ2v) is 15.2. The third-order valence-electron chi connectivity index (χ3n) is 11.0. The molecule has 0 aliphatic rings. The van der Waals surface area contributed by atoms with Crippen molar-refractivity contribution in [3.63, 3.8) is 0 Å². The maximum atomic E-state index is 6.53. The Hall–Kier alpha value is -7.08. The van der Waals surface area contributed by atoms with Gasteiger partial charge in [0.1, 0.15) is 11.2 Å². The van der Waals surface area contributed by atoms with Gasteiger partial charge in [0.05, 0.1) is 26.9 Å². The van der Waals surface area contributed by atoms with Crippen LogP contribution in [0.3, 0.4) is 0 Å². The summed E-state index contributed by atoms with van der Waals surface area (Å²) in [6, 6.07) is 62.5. The van der Waals surface area contributed by atoms with E-state index in [1.165, 1.54) is 31.8 Å². The van der Waals surface area contributed by atoms with Gasteiger partial charge < -0.3 is 8.98 Å². The highest BCUT2D eigenvalue weighted by atomic mass is 32.1. The summed E-state index contributed by atoms with van der Waals surface area (Å²) in [5.41, 5.74) is 11.2. The van der Waals surface area contributed by atoms with Crippen LogP contribution in [0.5, 0.6) is 0 Å². The van der Waals surface area contributed by atoms with Crippen molar-refractivity contribution < 1.29 is 4.42 Å². The summed E-state index contributed by atoms with van der Waals surface area (Å²) in [5, 5.41) is 8.05. The zero-order valence-electron chi connectivity index (χ0n) is 29.4. The number of hydrogen-bond acceptors (Lipinski definition) is 4. The molecule has 0 aliphatic heterocycles. The summed E-state index contributed by atoms with van der Waals surface area (Å²) in [5.74, 6) is 0.680. The van der Waals surface area contributed by atoms with E-state index in [0.29, 0.717) is 5.82 Å². The summed E-state index contributed by atoms with van der Waals surface area (Å²) in [6.45, 7) is 0. The van der Waals surface area contributed by atoms with E-state index < -0.39 is 0 Å². The molecule has 4 heterocycles. The Morgan fingerprint density at radius 1 is 0.473 bits per heavy atom. The van der Waals surface area contributed by atoms with Gasteiger partial charge in [-0.15, -0.1) is 11.3 Å². The average Bonchev–Trinajstić information content (AvgIpc) is 3.92. The minimum absolute atomic E-state index is 0.680. The van der Waals surface area contributed by atoms with Gasteiger partial charge in [-0.2, -0.15) is 0 Å². The third-order valence-corrected chi connectivity index (χ3v) is 12.2. The number of benzene rings is 8. The van der Waals surface area contributed by atoms with E-state index in [0.717, 1.165) is 76.7 Å². The van der Waals surface area contributed by atoms with E-state index >= 15 is 0 Å². The molecule has 8 aromatic carbocycles. The maximum Gasteiger partial charge on any atom is 0.161 e. The lowest BCUT2D eigenvalue weighted by Gasteiger charge is -2.11. The van der Waals surface area contributed by atoms with Gasteiger partial charge in [-0.05, 0) is 76.5 Å². The van der Waals surface area contributed by atoms with Crippen molar-refractivity contribution >= 4 is 86.2 Å². The Kier molecular flexibility index (Phi) is 6.47. The molecule has 4 aromatic heterocycles. The van der Waals surface area contributed by atoms with Crippen LogP contribution >= 0.6 is 11.3 Å². The molecule has 0 fully saturated rings. The first-order valence-electron chi connectivity index (χ1n) is 18.5. The van der Waals surface area contributed by atoms with Gasteiger partial charge in [-0.3, -0.25) is 0 Å². The molecular weight excluding hydrogens is 691 g/mol. The van der Waals surface area contributed by atoms with Gasteiger partial charge in [0, 0.05) is 48.4 Å². The lowest BCUT2D eigenvalue weighted by Crippen LogP contribution is -1.96. The van der Waals surface area contributed by atoms with Crippen molar-refractivity contribution in [1.29, 1.82) is 0 Å². The molecule has 4 nitrogen and oxygen atoms in total. The summed E-state index contributed by atoms with van der Waals surface area (Å²) in [7, 11) is 0. The molecule has 0 aliphatic carbocycles. The van der Waals surface area contributed by atoms with Crippen LogP contribution < -0.4 is 0 Å². The second kappa shape index (κ2) is 11.7. The molecule has 12 aromatic rings. The molecule has 0 spiro atoms. The minimum atomic E-state index is 0.680. The van der Waals surface area contributed by atoms with Crippen LogP contribution in [0.1, 0.15) is 0 Å². The zero-order chi connectivity index (χ0) is 36.0. The third kappa shape index (κ3) is 4.64. The predicted molar refractivity (Wildman–Crippen MR) is 230 cm³/mol. The minimum Gasteiger partial charge on any atom is -0.456 e. The first-order valence-corrected chi connectivity index (χ1v) is 19.3. The van der Waals surface area contributed by atoms with E-state index in [-0.39, 0.29) is 0 Å². The fourth-order valence-electron chi connectivity index (χ4n) is 8.45. The fraction of sp³-hybridized carbons (Fsp3) is 0. The van der Waals surface area contributed by atoms with Gasteiger partial charge >= 0.3 is 0 Å². The van der Waals surface area contributed by atoms with Crippen LogP contribution in [0.25, 0.3) is 114 Å². The van der Waals surface area contributed by atoms with Crippen molar-refractivity contribution in [1.82, 2.24) is 14.5 Å². The Labute approximate surface area is 319 Å². The highest BCUT2D eigenvalue weighted by Gasteiger charge is 2.22.